The van der Waals surface area contributed by atoms with Gasteiger partial charge in [0.2, 0.25) is 0 Å². The van der Waals surface area contributed by atoms with Crippen LogP contribution in [0.4, 0.5) is 0 Å². The molecule has 10 heteroatoms. The van der Waals surface area contributed by atoms with Gasteiger partial charge in [-0.3, -0.25) is 0 Å². The topological polar surface area (TPSA) is 71.1 Å². The quantitative estimate of drug-likeness (QED) is 0.481. The van der Waals surface area contributed by atoms with Gasteiger partial charge < -0.3 is 0 Å². The van der Waals surface area contributed by atoms with E-state index in [1.807, 2.05) is 27.7 Å². The molecular formula is C10H20O6P2Se2. The molecule has 6 nitrogen and oxygen atoms in total. The summed E-state index contributed by atoms with van der Waals surface area (Å²) in [6, 6.07) is 0. The first kappa shape index (κ1) is 17.7. The van der Waals surface area contributed by atoms with Gasteiger partial charge in [-0.15, -0.1) is 0 Å². The summed E-state index contributed by atoms with van der Waals surface area (Å²) >= 11 is -0.985. The molecule has 0 aromatic carbocycles. The van der Waals surface area contributed by atoms with Crippen molar-refractivity contribution in [3.05, 3.63) is 0 Å². The van der Waals surface area contributed by atoms with Crippen LogP contribution in [0.2, 0.25) is 0 Å². The third-order valence-electron chi connectivity index (χ3n) is 2.67. The van der Waals surface area contributed by atoms with E-state index in [1.54, 1.807) is 0 Å². The van der Waals surface area contributed by atoms with Crippen LogP contribution in [-0.2, 0) is 27.2 Å². The van der Waals surface area contributed by atoms with Crippen LogP contribution in [-0.4, -0.2) is 51.8 Å². The zero-order valence-electron chi connectivity index (χ0n) is 12.0. The van der Waals surface area contributed by atoms with Gasteiger partial charge in [-0.25, -0.2) is 0 Å². The van der Waals surface area contributed by atoms with E-state index in [9.17, 15) is 9.13 Å². The second-order valence-electron chi connectivity index (χ2n) is 6.47. The van der Waals surface area contributed by atoms with Gasteiger partial charge in [0, 0.05) is 0 Å². The van der Waals surface area contributed by atoms with Crippen molar-refractivity contribution in [3.8, 4) is 0 Å². The summed E-state index contributed by atoms with van der Waals surface area (Å²) in [6.07, 6.45) is -6.15. The van der Waals surface area contributed by atoms with Crippen molar-refractivity contribution in [1.29, 1.82) is 0 Å². The fourth-order valence-electron chi connectivity index (χ4n) is 1.34. The summed E-state index contributed by atoms with van der Waals surface area (Å²) in [4.78, 5) is 0. The predicted octanol–water partition coefficient (Wildman–Crippen LogP) is 2.67. The Bertz CT molecular complexity index is 397. The van der Waals surface area contributed by atoms with Crippen LogP contribution in [0.5, 0.6) is 0 Å². The van der Waals surface area contributed by atoms with Gasteiger partial charge in [0.15, 0.2) is 0 Å². The van der Waals surface area contributed by atoms with Crippen molar-refractivity contribution < 1.29 is 27.2 Å². The van der Waals surface area contributed by atoms with Crippen LogP contribution in [0, 0.1) is 10.8 Å². The molecule has 20 heavy (non-hydrogen) atoms. The molecule has 0 unspecified atom stereocenters. The SMILES string of the molecule is CC1(C)COP(=O)([Se][Se]P2(=O)OCC(C)(C)CO2)OC1. The molecule has 0 radical (unpaired) electrons. The Morgan fingerprint density at radius 1 is 0.700 bits per heavy atom. The first-order chi connectivity index (χ1) is 9.04. The van der Waals surface area contributed by atoms with Gasteiger partial charge >= 0.3 is 130 Å². The summed E-state index contributed by atoms with van der Waals surface area (Å²) in [5.74, 6) is 0. The Morgan fingerprint density at radius 2 is 0.950 bits per heavy atom. The molecule has 0 N–H and O–H groups in total. The zero-order chi connectivity index (χ0) is 15.1. The maximum atomic E-state index is 12.4. The molecule has 2 aliphatic rings. The first-order valence-corrected chi connectivity index (χ1v) is 18.0. The maximum absolute atomic E-state index is 12.4. The molecular weight excluding hydrogens is 436 g/mol. The van der Waals surface area contributed by atoms with Gasteiger partial charge in [-0.1, -0.05) is 0 Å². The molecule has 0 atom stereocenters. The van der Waals surface area contributed by atoms with Crippen LogP contribution in [0.1, 0.15) is 27.7 Å². The van der Waals surface area contributed by atoms with Crippen molar-refractivity contribution in [2.75, 3.05) is 26.4 Å². The fourth-order valence-corrected chi connectivity index (χ4v) is 31.5. The molecule has 0 bridgehead atoms. The monoisotopic (exact) mass is 458 g/mol. The standard InChI is InChI=1S/C10H20O6P2Se2/c1-9(2)5-13-17(11,14-6-9)19-20-18(12)15-7-10(3,4)8-16-18/h5-8H2,1-4H3. The number of hydrogen-bond acceptors (Lipinski definition) is 6. The van der Waals surface area contributed by atoms with Crippen LogP contribution in [0.15, 0.2) is 0 Å². The summed E-state index contributed by atoms with van der Waals surface area (Å²) in [5, 5.41) is 0. The van der Waals surface area contributed by atoms with Crippen molar-refractivity contribution in [2.45, 2.75) is 27.7 Å². The van der Waals surface area contributed by atoms with E-state index >= 15 is 0 Å². The zero-order valence-corrected chi connectivity index (χ0v) is 17.2. The number of rotatable bonds is 3. The molecule has 0 amide bonds. The fraction of sp³-hybridized carbons (Fsp3) is 1.00. The van der Waals surface area contributed by atoms with Crippen molar-refractivity contribution in [3.63, 3.8) is 0 Å². The molecule has 0 saturated carbocycles. The van der Waals surface area contributed by atoms with Crippen LogP contribution in [0.3, 0.4) is 0 Å². The van der Waals surface area contributed by atoms with Crippen molar-refractivity contribution in [1.82, 2.24) is 0 Å². The average molecular weight is 456 g/mol. The normalized spacial score (nSPS) is 30.8. The molecule has 2 fully saturated rings. The van der Waals surface area contributed by atoms with Gasteiger partial charge in [0.25, 0.3) is 0 Å². The minimum atomic E-state index is -3.08. The van der Waals surface area contributed by atoms with E-state index in [0.29, 0.717) is 26.4 Å². The Labute approximate surface area is 130 Å². The van der Waals surface area contributed by atoms with Gasteiger partial charge in [0.1, 0.15) is 0 Å². The Kier molecular flexibility index (Phi) is 5.39. The van der Waals surface area contributed by atoms with Crippen LogP contribution < -0.4 is 0 Å². The van der Waals surface area contributed by atoms with Crippen molar-refractivity contribution in [2.24, 2.45) is 10.8 Å². The first-order valence-electron chi connectivity index (χ1n) is 6.20. The summed E-state index contributed by atoms with van der Waals surface area (Å²) in [7, 11) is 0. The molecule has 2 saturated heterocycles. The second kappa shape index (κ2) is 6.09. The summed E-state index contributed by atoms with van der Waals surface area (Å²) < 4.78 is 46.4. The summed E-state index contributed by atoms with van der Waals surface area (Å²) in [6.45, 7) is 9.58. The van der Waals surface area contributed by atoms with E-state index in [0.717, 1.165) is 0 Å². The van der Waals surface area contributed by atoms with Gasteiger partial charge in [0.05, 0.1) is 0 Å². The summed E-state index contributed by atoms with van der Waals surface area (Å²) in [5.41, 5.74) is -0.244. The Hall–Kier alpha value is 1.34. The van der Waals surface area contributed by atoms with Gasteiger partial charge in [-0.2, -0.15) is 0 Å². The van der Waals surface area contributed by atoms with E-state index in [-0.39, 0.29) is 10.8 Å². The molecule has 0 aromatic rings. The third kappa shape index (κ3) is 4.93. The third-order valence-corrected chi connectivity index (χ3v) is 29.8. The minimum absolute atomic E-state index is 0.122. The van der Waals surface area contributed by atoms with E-state index in [4.69, 9.17) is 18.1 Å². The van der Waals surface area contributed by atoms with Crippen LogP contribution in [0.25, 0.3) is 0 Å². The Balaban J connectivity index is 1.87. The molecule has 2 rings (SSSR count). The van der Waals surface area contributed by atoms with Crippen molar-refractivity contribution >= 4 is 37.9 Å². The molecule has 0 spiro atoms. The van der Waals surface area contributed by atoms with E-state index in [1.165, 1.54) is 0 Å². The average Bonchev–Trinajstić information content (AvgIpc) is 2.36. The van der Waals surface area contributed by atoms with E-state index in [2.05, 4.69) is 0 Å². The predicted molar refractivity (Wildman–Crippen MR) is 78.1 cm³/mol. The Morgan fingerprint density at radius 3 is 1.20 bits per heavy atom. The molecule has 118 valence electrons. The molecule has 0 aliphatic carbocycles. The van der Waals surface area contributed by atoms with E-state index < -0.39 is 37.9 Å². The number of hydrogen-bond donors (Lipinski definition) is 0. The second-order valence-corrected chi connectivity index (χ2v) is 26.8. The molecule has 0 aromatic heterocycles. The molecule has 2 heterocycles. The van der Waals surface area contributed by atoms with Gasteiger partial charge in [-0.05, 0) is 0 Å². The van der Waals surface area contributed by atoms with Crippen LogP contribution >= 0.6 is 12.6 Å². The molecule has 2 aliphatic heterocycles.